The maximum absolute atomic E-state index is 11.2. The van der Waals surface area contributed by atoms with Crippen LogP contribution in [0.15, 0.2) is 24.3 Å². The summed E-state index contributed by atoms with van der Waals surface area (Å²) in [6.07, 6.45) is 0. The molecule has 1 N–H and O–H groups in total. The highest BCUT2D eigenvalue weighted by molar-refractivity contribution is 5.93. The zero-order valence-corrected chi connectivity index (χ0v) is 9.29. The topological polar surface area (TPSA) is 29.1 Å². The first kappa shape index (κ1) is 11.3. The van der Waals surface area contributed by atoms with Crippen molar-refractivity contribution in [3.8, 4) is 11.8 Å². The van der Waals surface area contributed by atoms with Gasteiger partial charge in [0.1, 0.15) is 0 Å². The third kappa shape index (κ3) is 3.47. The maximum Gasteiger partial charge on any atom is 0.296 e. The number of aryl methyl sites for hydroxylation is 1. The van der Waals surface area contributed by atoms with Gasteiger partial charge in [0.25, 0.3) is 5.91 Å². The van der Waals surface area contributed by atoms with E-state index >= 15 is 0 Å². The first-order valence-corrected chi connectivity index (χ1v) is 4.93. The van der Waals surface area contributed by atoms with Crippen molar-refractivity contribution in [2.75, 3.05) is 0 Å². The van der Waals surface area contributed by atoms with E-state index in [-0.39, 0.29) is 11.9 Å². The van der Waals surface area contributed by atoms with E-state index in [4.69, 9.17) is 0 Å². The van der Waals surface area contributed by atoms with Crippen LogP contribution in [0.25, 0.3) is 0 Å². The van der Waals surface area contributed by atoms with Gasteiger partial charge in [0.15, 0.2) is 0 Å². The smallest absolute Gasteiger partial charge is 0.296 e. The molecule has 0 radical (unpaired) electrons. The fourth-order valence-electron chi connectivity index (χ4n) is 1.28. The van der Waals surface area contributed by atoms with Crippen LogP contribution in [0, 0.1) is 18.8 Å². The molecule has 1 aromatic rings. The average molecular weight is 201 g/mol. The molecule has 0 aliphatic carbocycles. The number of carbonyl (C=O) groups is 1. The molecule has 0 heterocycles. The molecule has 0 fully saturated rings. The molecule has 15 heavy (non-hydrogen) atoms. The summed E-state index contributed by atoms with van der Waals surface area (Å²) in [7, 11) is 0. The molecule has 0 aromatic heterocycles. The van der Waals surface area contributed by atoms with Crippen molar-refractivity contribution in [2.24, 2.45) is 0 Å². The lowest BCUT2D eigenvalue weighted by atomic mass is 10.1. The molecule has 0 saturated heterocycles. The average Bonchev–Trinajstić information content (AvgIpc) is 2.18. The number of benzene rings is 1. The van der Waals surface area contributed by atoms with Crippen molar-refractivity contribution in [3.63, 3.8) is 0 Å². The molecular weight excluding hydrogens is 186 g/mol. The van der Waals surface area contributed by atoms with Crippen molar-refractivity contribution < 1.29 is 4.79 Å². The molecule has 0 spiro atoms. The maximum atomic E-state index is 11.2. The molecular formula is C13H15NO. The highest BCUT2D eigenvalue weighted by atomic mass is 16.1. The third-order valence-electron chi connectivity index (χ3n) is 2.16. The van der Waals surface area contributed by atoms with E-state index in [2.05, 4.69) is 17.2 Å². The SMILES string of the molecule is CC#CC(=O)NC(C)c1ccc(C)cc1. The van der Waals surface area contributed by atoms with Crippen LogP contribution >= 0.6 is 0 Å². The van der Waals surface area contributed by atoms with Gasteiger partial charge in [-0.1, -0.05) is 35.7 Å². The summed E-state index contributed by atoms with van der Waals surface area (Å²) in [5, 5.41) is 2.80. The molecule has 1 unspecified atom stereocenters. The Kier molecular flexibility index (Phi) is 3.93. The normalized spacial score (nSPS) is 11.1. The van der Waals surface area contributed by atoms with E-state index in [1.807, 2.05) is 38.1 Å². The van der Waals surface area contributed by atoms with Crippen molar-refractivity contribution in [2.45, 2.75) is 26.8 Å². The van der Waals surface area contributed by atoms with Gasteiger partial charge < -0.3 is 5.32 Å². The van der Waals surface area contributed by atoms with Gasteiger partial charge in [-0.15, -0.1) is 0 Å². The van der Waals surface area contributed by atoms with Gasteiger partial charge in [-0.25, -0.2) is 0 Å². The largest absolute Gasteiger partial charge is 0.339 e. The lowest BCUT2D eigenvalue weighted by molar-refractivity contribution is -0.116. The predicted octanol–water partition coefficient (Wildman–Crippen LogP) is 2.20. The lowest BCUT2D eigenvalue weighted by Crippen LogP contribution is -2.24. The summed E-state index contributed by atoms with van der Waals surface area (Å²) in [4.78, 5) is 11.2. The quantitative estimate of drug-likeness (QED) is 0.730. The summed E-state index contributed by atoms with van der Waals surface area (Å²) >= 11 is 0. The molecule has 1 rings (SSSR count). The molecule has 2 heteroatoms. The fourth-order valence-corrected chi connectivity index (χ4v) is 1.28. The van der Waals surface area contributed by atoms with Crippen molar-refractivity contribution in [1.82, 2.24) is 5.32 Å². The van der Waals surface area contributed by atoms with E-state index in [0.29, 0.717) is 0 Å². The lowest BCUT2D eigenvalue weighted by Gasteiger charge is -2.12. The summed E-state index contributed by atoms with van der Waals surface area (Å²) in [6.45, 7) is 5.63. The fraction of sp³-hybridized carbons (Fsp3) is 0.308. The second-order valence-electron chi connectivity index (χ2n) is 3.48. The Bertz CT molecular complexity index is 395. The van der Waals surface area contributed by atoms with Gasteiger partial charge in [-0.2, -0.15) is 0 Å². The minimum Gasteiger partial charge on any atom is -0.339 e. The van der Waals surface area contributed by atoms with Gasteiger partial charge in [0.2, 0.25) is 0 Å². The van der Waals surface area contributed by atoms with Gasteiger partial charge in [0.05, 0.1) is 6.04 Å². The Morgan fingerprint density at radius 1 is 1.33 bits per heavy atom. The van der Waals surface area contributed by atoms with Crippen molar-refractivity contribution in [1.29, 1.82) is 0 Å². The minimum atomic E-state index is -0.231. The monoisotopic (exact) mass is 201 g/mol. The Morgan fingerprint density at radius 2 is 1.93 bits per heavy atom. The second kappa shape index (κ2) is 5.21. The summed E-state index contributed by atoms with van der Waals surface area (Å²) in [5.41, 5.74) is 2.30. The summed E-state index contributed by atoms with van der Waals surface area (Å²) in [5.74, 6) is 4.80. The van der Waals surface area contributed by atoms with Gasteiger partial charge in [-0.3, -0.25) is 4.79 Å². The first-order chi connectivity index (χ1) is 7.13. The number of nitrogens with one attached hydrogen (secondary N) is 1. The summed E-state index contributed by atoms with van der Waals surface area (Å²) < 4.78 is 0. The zero-order valence-electron chi connectivity index (χ0n) is 9.29. The number of amides is 1. The summed E-state index contributed by atoms with van der Waals surface area (Å²) in [6, 6.07) is 8.09. The van der Waals surface area contributed by atoms with Crippen LogP contribution in [-0.4, -0.2) is 5.91 Å². The van der Waals surface area contributed by atoms with Gasteiger partial charge in [0, 0.05) is 0 Å². The molecule has 1 amide bonds. The van der Waals surface area contributed by atoms with Crippen LogP contribution in [0.1, 0.15) is 31.0 Å². The van der Waals surface area contributed by atoms with Crippen molar-refractivity contribution >= 4 is 5.91 Å². The molecule has 0 aliphatic rings. The first-order valence-electron chi connectivity index (χ1n) is 4.93. The van der Waals surface area contributed by atoms with E-state index < -0.39 is 0 Å². The predicted molar refractivity (Wildman–Crippen MR) is 61.2 cm³/mol. The highest BCUT2D eigenvalue weighted by Gasteiger charge is 2.06. The minimum absolute atomic E-state index is 0.000972. The molecule has 78 valence electrons. The van der Waals surface area contributed by atoms with Crippen LogP contribution in [0.4, 0.5) is 0 Å². The van der Waals surface area contributed by atoms with E-state index in [9.17, 15) is 4.79 Å². The highest BCUT2D eigenvalue weighted by Crippen LogP contribution is 2.12. The second-order valence-corrected chi connectivity index (χ2v) is 3.48. The van der Waals surface area contributed by atoms with E-state index in [0.717, 1.165) is 5.56 Å². The van der Waals surface area contributed by atoms with Gasteiger partial charge >= 0.3 is 0 Å². The Labute approximate surface area is 90.7 Å². The Hall–Kier alpha value is -1.75. The van der Waals surface area contributed by atoms with Crippen LogP contribution in [0.3, 0.4) is 0 Å². The number of hydrogen-bond donors (Lipinski definition) is 1. The zero-order chi connectivity index (χ0) is 11.3. The number of rotatable bonds is 2. The third-order valence-corrected chi connectivity index (χ3v) is 2.16. The molecule has 1 aromatic carbocycles. The van der Waals surface area contributed by atoms with Crippen LogP contribution in [0.2, 0.25) is 0 Å². The molecule has 0 bridgehead atoms. The number of hydrogen-bond acceptors (Lipinski definition) is 1. The van der Waals surface area contributed by atoms with Crippen LogP contribution in [0.5, 0.6) is 0 Å². The Morgan fingerprint density at radius 3 is 2.47 bits per heavy atom. The van der Waals surface area contributed by atoms with Crippen molar-refractivity contribution in [3.05, 3.63) is 35.4 Å². The molecule has 0 aliphatic heterocycles. The van der Waals surface area contributed by atoms with Gasteiger partial charge in [-0.05, 0) is 32.3 Å². The molecule has 0 saturated carbocycles. The molecule has 1 atom stereocenters. The number of carbonyl (C=O) groups excluding carboxylic acids is 1. The Balaban J connectivity index is 2.67. The molecule has 2 nitrogen and oxygen atoms in total. The van der Waals surface area contributed by atoms with Crippen LogP contribution in [-0.2, 0) is 4.79 Å². The van der Waals surface area contributed by atoms with Crippen LogP contribution < -0.4 is 5.32 Å². The van der Waals surface area contributed by atoms with E-state index in [1.165, 1.54) is 5.56 Å². The van der Waals surface area contributed by atoms with E-state index in [1.54, 1.807) is 6.92 Å². The standard InChI is InChI=1S/C13H15NO/c1-4-5-13(15)14-11(3)12-8-6-10(2)7-9-12/h6-9,11H,1-3H3,(H,14,15).